The lowest BCUT2D eigenvalue weighted by atomic mass is 9.65. The van der Waals surface area contributed by atoms with Crippen LogP contribution in [0.1, 0.15) is 22.3 Å². The van der Waals surface area contributed by atoms with Crippen molar-refractivity contribution < 1.29 is 0 Å². The maximum Gasteiger partial charge on any atom is 0.0754 e. The number of anilines is 3. The highest BCUT2D eigenvalue weighted by atomic mass is 15.1. The van der Waals surface area contributed by atoms with Crippen LogP contribution in [-0.2, 0) is 5.41 Å². The second-order valence-corrected chi connectivity index (χ2v) is 23.1. The van der Waals surface area contributed by atoms with Crippen molar-refractivity contribution in [1.29, 1.82) is 0 Å². The molecule has 1 spiro atoms. The van der Waals surface area contributed by atoms with Crippen LogP contribution in [0, 0.1) is 0 Å². The summed E-state index contributed by atoms with van der Waals surface area (Å²) in [5.41, 5.74) is 27.4. The van der Waals surface area contributed by atoms with E-state index in [1.807, 2.05) is 0 Å². The third-order valence-corrected chi connectivity index (χ3v) is 18.7. The van der Waals surface area contributed by atoms with Gasteiger partial charge in [0.05, 0.1) is 38.9 Å². The van der Waals surface area contributed by atoms with Crippen LogP contribution in [0.3, 0.4) is 0 Å². The average molecular weight is 1090 g/mol. The van der Waals surface area contributed by atoms with Gasteiger partial charge in [-0.15, -0.1) is 0 Å². The van der Waals surface area contributed by atoms with E-state index in [4.69, 9.17) is 0 Å². The zero-order valence-electron chi connectivity index (χ0n) is 46.9. The summed E-state index contributed by atoms with van der Waals surface area (Å²) in [5, 5.41) is 7.41. The smallest absolute Gasteiger partial charge is 0.0754 e. The summed E-state index contributed by atoms with van der Waals surface area (Å²) in [7, 11) is 0. The van der Waals surface area contributed by atoms with E-state index in [1.54, 1.807) is 0 Å². The largest absolute Gasteiger partial charge is 0.310 e. The van der Waals surface area contributed by atoms with E-state index in [9.17, 15) is 0 Å². The van der Waals surface area contributed by atoms with E-state index in [2.05, 4.69) is 336 Å². The van der Waals surface area contributed by atoms with E-state index < -0.39 is 5.41 Å². The Bertz CT molecular complexity index is 5400. The summed E-state index contributed by atoms with van der Waals surface area (Å²) in [6.45, 7) is 0. The molecule has 0 saturated carbocycles. The van der Waals surface area contributed by atoms with Gasteiger partial charge in [-0.25, -0.2) is 0 Å². The Labute approximate surface area is 498 Å². The highest BCUT2D eigenvalue weighted by molar-refractivity contribution is 6.13. The number of benzene rings is 14. The van der Waals surface area contributed by atoms with Crippen LogP contribution >= 0.6 is 0 Å². The second kappa shape index (κ2) is 18.9. The maximum absolute atomic E-state index is 2.52. The van der Waals surface area contributed by atoms with E-state index in [1.165, 1.54) is 121 Å². The van der Waals surface area contributed by atoms with Crippen LogP contribution in [0.25, 0.3) is 121 Å². The Morgan fingerprint density at radius 1 is 0.256 bits per heavy atom. The monoisotopic (exact) mass is 1090 g/mol. The minimum atomic E-state index is -0.520. The first-order valence-electron chi connectivity index (χ1n) is 29.8. The number of nitrogens with zero attached hydrogens (tertiary/aromatic N) is 3. The number of hydrogen-bond acceptors (Lipinski definition) is 1. The molecule has 0 N–H and O–H groups in total. The van der Waals surface area contributed by atoms with Gasteiger partial charge in [-0.3, -0.25) is 0 Å². The summed E-state index contributed by atoms with van der Waals surface area (Å²) in [6.07, 6.45) is 0. The lowest BCUT2D eigenvalue weighted by molar-refractivity contribution is 0.749. The Morgan fingerprint density at radius 2 is 0.767 bits per heavy atom. The molecule has 2 aliphatic rings. The average Bonchev–Trinajstić information content (AvgIpc) is 1.48. The van der Waals surface area contributed by atoms with Crippen LogP contribution < -0.4 is 4.90 Å². The minimum absolute atomic E-state index is 0.520. The number of fused-ring (bicyclic) bond motifs is 16. The molecule has 16 aromatic rings. The molecular formula is C83H53N3. The molecular weight excluding hydrogens is 1040 g/mol. The third-order valence-electron chi connectivity index (χ3n) is 18.7. The molecule has 1 atom stereocenters. The van der Waals surface area contributed by atoms with Gasteiger partial charge in [0.1, 0.15) is 0 Å². The number of para-hydroxylation sites is 6. The second-order valence-electron chi connectivity index (χ2n) is 23.1. The summed E-state index contributed by atoms with van der Waals surface area (Å²) >= 11 is 0. The lowest BCUT2D eigenvalue weighted by Gasteiger charge is -2.39. The van der Waals surface area contributed by atoms with Gasteiger partial charge in [-0.05, 0) is 168 Å². The van der Waals surface area contributed by atoms with E-state index in [0.717, 1.165) is 39.4 Å². The fourth-order valence-electron chi connectivity index (χ4n) is 14.9. The zero-order chi connectivity index (χ0) is 56.5. The molecule has 0 amide bonds. The van der Waals surface area contributed by atoms with Crippen molar-refractivity contribution in [3.8, 4) is 67.0 Å². The predicted octanol–water partition coefficient (Wildman–Crippen LogP) is 21.8. The van der Waals surface area contributed by atoms with Crippen LogP contribution in [0.5, 0.6) is 0 Å². The normalized spacial score (nSPS) is 13.9. The Hall–Kier alpha value is -11.3. The minimum Gasteiger partial charge on any atom is -0.310 e. The van der Waals surface area contributed by atoms with Crippen LogP contribution in [-0.4, -0.2) is 9.13 Å². The molecule has 2 aromatic heterocycles. The summed E-state index contributed by atoms with van der Waals surface area (Å²) in [5.74, 6) is 0. The van der Waals surface area contributed by atoms with Crippen LogP contribution in [0.4, 0.5) is 17.1 Å². The number of rotatable bonds is 8. The first-order chi connectivity index (χ1) is 42.7. The predicted molar refractivity (Wildman–Crippen MR) is 360 cm³/mol. The zero-order valence-corrected chi connectivity index (χ0v) is 46.9. The Balaban J connectivity index is 0.757. The standard InChI is InChI=1S/C83H53N3/c1-3-18-54(19-4-1)55-34-36-57(37-35-55)66-22-8-13-30-77(66)84(64-45-40-56(41-46-64)61-44-49-80-72(52-61)70-25-10-14-31-78(70)85(80)63-20-5-2-6-21-63)65-47-42-59-50-58(38-39-60(59)51-65)62-43-48-68-67-23-7-11-27-73(67)83(76(68)53-62)74-28-12-16-33-81(74)86-79-32-15-9-24-69(79)71-26-17-29-75(83)82(71)86/h1-53H. The van der Waals surface area contributed by atoms with Crippen molar-refractivity contribution in [3.05, 3.63) is 344 Å². The van der Waals surface area contributed by atoms with Crippen molar-refractivity contribution >= 4 is 71.4 Å². The highest BCUT2D eigenvalue weighted by Gasteiger charge is 2.51. The van der Waals surface area contributed by atoms with Crippen LogP contribution in [0.2, 0.25) is 0 Å². The fourth-order valence-corrected chi connectivity index (χ4v) is 14.9. The highest BCUT2D eigenvalue weighted by Crippen LogP contribution is 2.61. The maximum atomic E-state index is 2.52. The summed E-state index contributed by atoms with van der Waals surface area (Å²) < 4.78 is 4.90. The Kier molecular flexibility index (Phi) is 10.6. The molecule has 1 aliphatic carbocycles. The molecule has 0 fully saturated rings. The quantitative estimate of drug-likeness (QED) is 0.148. The van der Waals surface area contributed by atoms with Crippen molar-refractivity contribution in [3.63, 3.8) is 0 Å². The van der Waals surface area contributed by atoms with E-state index in [0.29, 0.717) is 0 Å². The summed E-state index contributed by atoms with van der Waals surface area (Å²) in [4.78, 5) is 2.44. The first-order valence-corrected chi connectivity index (χ1v) is 29.8. The van der Waals surface area contributed by atoms with Gasteiger partial charge in [-0.1, -0.05) is 237 Å². The van der Waals surface area contributed by atoms with Gasteiger partial charge < -0.3 is 14.0 Å². The Morgan fingerprint density at radius 3 is 1.59 bits per heavy atom. The van der Waals surface area contributed by atoms with Gasteiger partial charge >= 0.3 is 0 Å². The fraction of sp³-hybridized carbons (Fsp3) is 0.0120. The third kappa shape index (κ3) is 7.09. The topological polar surface area (TPSA) is 13.1 Å². The molecule has 14 aromatic carbocycles. The molecule has 3 heterocycles. The van der Waals surface area contributed by atoms with Gasteiger partial charge in [0.15, 0.2) is 0 Å². The molecule has 18 rings (SSSR count). The van der Waals surface area contributed by atoms with Crippen molar-refractivity contribution in [2.75, 3.05) is 4.90 Å². The SMILES string of the molecule is c1ccc(-c2ccc(-c3ccccc3N(c3ccc(-c4ccc5c(c4)c4ccccc4n5-c4ccccc4)cc3)c3ccc4cc(-c5ccc6c(c5)C5(c7ccccc7-6)c6ccccc6-n6c7ccccc7c7cccc5c76)ccc4c3)cc2)cc1. The molecule has 1 aliphatic heterocycles. The van der Waals surface area contributed by atoms with Gasteiger partial charge in [0.25, 0.3) is 0 Å². The van der Waals surface area contributed by atoms with Crippen molar-refractivity contribution in [2.45, 2.75) is 5.41 Å². The molecule has 0 bridgehead atoms. The summed E-state index contributed by atoms with van der Waals surface area (Å²) in [6, 6.07) is 119. The molecule has 400 valence electrons. The van der Waals surface area contributed by atoms with E-state index in [-0.39, 0.29) is 0 Å². The van der Waals surface area contributed by atoms with Gasteiger partial charge in [-0.2, -0.15) is 0 Å². The van der Waals surface area contributed by atoms with Crippen molar-refractivity contribution in [2.24, 2.45) is 0 Å². The molecule has 0 radical (unpaired) electrons. The number of aromatic nitrogens is 2. The van der Waals surface area contributed by atoms with Gasteiger partial charge in [0, 0.05) is 44.2 Å². The van der Waals surface area contributed by atoms with Gasteiger partial charge in [0.2, 0.25) is 0 Å². The first kappa shape index (κ1) is 48.3. The lowest BCUT2D eigenvalue weighted by Crippen LogP contribution is -2.33. The molecule has 1 unspecified atom stereocenters. The number of hydrogen-bond donors (Lipinski definition) is 0. The van der Waals surface area contributed by atoms with Crippen molar-refractivity contribution in [1.82, 2.24) is 9.13 Å². The molecule has 3 heteroatoms. The molecule has 86 heavy (non-hydrogen) atoms. The molecule has 0 saturated heterocycles. The van der Waals surface area contributed by atoms with Crippen LogP contribution in [0.15, 0.2) is 322 Å². The van der Waals surface area contributed by atoms with E-state index >= 15 is 0 Å². The molecule has 3 nitrogen and oxygen atoms in total.